The summed E-state index contributed by atoms with van der Waals surface area (Å²) in [6.45, 7) is 6.62. The monoisotopic (exact) mass is 325 g/mol. The quantitative estimate of drug-likeness (QED) is 0.942. The maximum Gasteiger partial charge on any atom is 0.251 e. The lowest BCUT2D eigenvalue weighted by molar-refractivity contribution is -0.0987. The van der Waals surface area contributed by atoms with Crippen LogP contribution in [0.2, 0.25) is 5.02 Å². The third-order valence-corrected chi connectivity index (χ3v) is 3.58. The maximum atomic E-state index is 11.8. The lowest BCUT2D eigenvalue weighted by atomic mass is 10.2. The summed E-state index contributed by atoms with van der Waals surface area (Å²) >= 11 is 7.45. The van der Waals surface area contributed by atoms with E-state index in [-0.39, 0.29) is 5.91 Å². The number of aryl methyl sites for hydroxylation is 1. The first kappa shape index (κ1) is 19.0. The van der Waals surface area contributed by atoms with Gasteiger partial charge in [0.25, 0.3) is 5.91 Å². The lowest BCUT2D eigenvalue weighted by Crippen LogP contribution is -2.22. The molecular formula is C15H16ClNO3S. The molecule has 1 N–H and O–H groups in total. The maximum absolute atomic E-state index is 11.8. The highest BCUT2D eigenvalue weighted by atomic mass is 35.5. The van der Waals surface area contributed by atoms with Gasteiger partial charge in [0.1, 0.15) is 13.6 Å². The van der Waals surface area contributed by atoms with Crippen LogP contribution in [0.25, 0.3) is 0 Å². The number of benzene rings is 1. The third kappa shape index (κ3) is 6.83. The van der Waals surface area contributed by atoms with Gasteiger partial charge < -0.3 is 14.9 Å². The van der Waals surface area contributed by atoms with Crippen molar-refractivity contribution < 1.29 is 14.4 Å². The number of amides is 1. The summed E-state index contributed by atoms with van der Waals surface area (Å²) < 4.78 is 0. The number of hydrogen-bond donors (Lipinski definition) is 1. The molecule has 0 saturated carbocycles. The van der Waals surface area contributed by atoms with Crippen molar-refractivity contribution in [1.29, 1.82) is 0 Å². The van der Waals surface area contributed by atoms with Crippen LogP contribution in [0.4, 0.5) is 0 Å². The molecule has 21 heavy (non-hydrogen) atoms. The van der Waals surface area contributed by atoms with E-state index in [0.717, 1.165) is 4.88 Å². The summed E-state index contributed by atoms with van der Waals surface area (Å²) in [6, 6.07) is 10.9. The van der Waals surface area contributed by atoms with Crippen LogP contribution in [-0.2, 0) is 16.1 Å². The molecule has 0 saturated heterocycles. The molecule has 0 aliphatic carbocycles. The third-order valence-electron chi connectivity index (χ3n) is 2.33. The van der Waals surface area contributed by atoms with Gasteiger partial charge in [0.05, 0.1) is 6.54 Å². The molecule has 0 unspecified atom stereocenters. The van der Waals surface area contributed by atoms with E-state index >= 15 is 0 Å². The predicted molar refractivity (Wildman–Crippen MR) is 85.9 cm³/mol. The van der Waals surface area contributed by atoms with Crippen LogP contribution in [0.1, 0.15) is 20.1 Å². The first-order valence-corrected chi connectivity index (χ1v) is 7.01. The Balaban J connectivity index is 0.000000921. The number of nitrogens with one attached hydrogen (secondary N) is 1. The molecule has 1 amide bonds. The molecule has 0 fully saturated rings. The van der Waals surface area contributed by atoms with Gasteiger partial charge in [0.15, 0.2) is 0 Å². The first-order valence-electron chi connectivity index (χ1n) is 5.82. The van der Waals surface area contributed by atoms with Gasteiger partial charge in [-0.2, -0.15) is 0 Å². The molecule has 2 rings (SSSR count). The van der Waals surface area contributed by atoms with E-state index in [0.29, 0.717) is 17.1 Å². The van der Waals surface area contributed by atoms with Gasteiger partial charge in [-0.05, 0) is 43.3 Å². The van der Waals surface area contributed by atoms with E-state index in [1.165, 1.54) is 4.88 Å². The second-order valence-corrected chi connectivity index (χ2v) is 5.51. The van der Waals surface area contributed by atoms with E-state index in [1.54, 1.807) is 35.6 Å². The van der Waals surface area contributed by atoms with Crippen molar-refractivity contribution in [2.75, 3.05) is 0 Å². The van der Waals surface area contributed by atoms with Crippen molar-refractivity contribution in [3.05, 3.63) is 56.7 Å². The van der Waals surface area contributed by atoms with Crippen LogP contribution >= 0.6 is 22.9 Å². The smallest absolute Gasteiger partial charge is 0.251 e. The van der Waals surface area contributed by atoms with E-state index < -0.39 is 0 Å². The Hall–Kier alpha value is -1.98. The van der Waals surface area contributed by atoms with Crippen LogP contribution in [0.15, 0.2) is 36.4 Å². The zero-order valence-corrected chi connectivity index (χ0v) is 13.2. The molecule has 6 heteroatoms. The summed E-state index contributed by atoms with van der Waals surface area (Å²) in [4.78, 5) is 30.2. The minimum atomic E-state index is -0.0762. The molecule has 0 atom stereocenters. The van der Waals surface area contributed by atoms with Crippen LogP contribution in [-0.4, -0.2) is 19.5 Å². The average Bonchev–Trinajstić information content (AvgIpc) is 2.95. The fourth-order valence-corrected chi connectivity index (χ4v) is 2.41. The van der Waals surface area contributed by atoms with Crippen molar-refractivity contribution in [3.63, 3.8) is 0 Å². The number of rotatable bonds is 3. The highest BCUT2D eigenvalue weighted by Crippen LogP contribution is 2.15. The summed E-state index contributed by atoms with van der Waals surface area (Å²) in [5, 5.41) is 3.51. The molecular weight excluding hydrogens is 310 g/mol. The highest BCUT2D eigenvalue weighted by Gasteiger charge is 2.05. The van der Waals surface area contributed by atoms with Crippen molar-refractivity contribution in [3.8, 4) is 0 Å². The number of thiophene rings is 1. The minimum absolute atomic E-state index is 0.0762. The minimum Gasteiger partial charge on any atom is -0.347 e. The normalized spacial score (nSPS) is 8.67. The predicted octanol–water partition coefficient (Wildman–Crippen LogP) is 3.27. The molecule has 0 radical (unpaired) electrons. The zero-order chi connectivity index (χ0) is 16.3. The Morgan fingerprint density at radius 1 is 1.10 bits per heavy atom. The molecule has 1 aromatic heterocycles. The van der Waals surface area contributed by atoms with E-state index in [4.69, 9.17) is 21.2 Å². The second-order valence-electron chi connectivity index (χ2n) is 3.70. The van der Waals surface area contributed by atoms with Gasteiger partial charge in [-0.25, -0.2) is 0 Å². The van der Waals surface area contributed by atoms with Gasteiger partial charge in [-0.3, -0.25) is 4.79 Å². The fraction of sp³-hybridized carbons (Fsp3) is 0.133. The number of carbonyl (C=O) groups excluding carboxylic acids is 3. The first-order chi connectivity index (χ1) is 10.1. The second kappa shape index (κ2) is 10.8. The molecule has 4 nitrogen and oxygen atoms in total. The topological polar surface area (TPSA) is 63.2 Å². The van der Waals surface area contributed by atoms with Gasteiger partial charge in [-0.1, -0.05) is 11.6 Å². The van der Waals surface area contributed by atoms with Crippen molar-refractivity contribution >= 4 is 42.4 Å². The van der Waals surface area contributed by atoms with Gasteiger partial charge in [0, 0.05) is 20.3 Å². The Bertz CT molecular complexity index is 552. The number of carbonyl (C=O) groups is 3. The van der Waals surface area contributed by atoms with Gasteiger partial charge in [0.2, 0.25) is 0 Å². The fourth-order valence-electron chi connectivity index (χ4n) is 1.45. The Kier molecular flexibility index (Phi) is 9.75. The molecule has 1 heterocycles. The van der Waals surface area contributed by atoms with E-state index in [9.17, 15) is 4.79 Å². The average molecular weight is 326 g/mol. The standard InChI is InChI=1S/C13H12ClNOS.2CH2O/c1-9-2-7-12(17-9)8-15-13(16)10-3-5-11(14)6-4-10;2*1-2/h2-7H,8H2,1H3,(H,15,16);2*1H2. The van der Waals surface area contributed by atoms with Gasteiger partial charge >= 0.3 is 0 Å². The molecule has 2 aromatic rings. The Morgan fingerprint density at radius 2 is 1.67 bits per heavy atom. The number of halogens is 1. The molecule has 0 bridgehead atoms. The molecule has 0 aliphatic heterocycles. The van der Waals surface area contributed by atoms with Crippen molar-refractivity contribution in [2.45, 2.75) is 13.5 Å². The van der Waals surface area contributed by atoms with E-state index in [1.807, 2.05) is 19.6 Å². The van der Waals surface area contributed by atoms with Crippen LogP contribution in [0, 0.1) is 6.92 Å². The van der Waals surface area contributed by atoms with Crippen molar-refractivity contribution in [1.82, 2.24) is 5.32 Å². The van der Waals surface area contributed by atoms with Crippen molar-refractivity contribution in [2.24, 2.45) is 0 Å². The summed E-state index contributed by atoms with van der Waals surface area (Å²) in [5.74, 6) is -0.0762. The Labute approximate surface area is 132 Å². The molecule has 1 aromatic carbocycles. The van der Waals surface area contributed by atoms with Crippen LogP contribution in [0.3, 0.4) is 0 Å². The lowest BCUT2D eigenvalue weighted by Gasteiger charge is -2.03. The van der Waals surface area contributed by atoms with Gasteiger partial charge in [-0.15, -0.1) is 11.3 Å². The molecule has 0 spiro atoms. The molecule has 0 aliphatic rings. The van der Waals surface area contributed by atoms with Crippen LogP contribution in [0.5, 0.6) is 0 Å². The number of hydrogen-bond acceptors (Lipinski definition) is 4. The van der Waals surface area contributed by atoms with E-state index in [2.05, 4.69) is 18.3 Å². The zero-order valence-electron chi connectivity index (χ0n) is 11.6. The molecule has 112 valence electrons. The summed E-state index contributed by atoms with van der Waals surface area (Å²) in [6.07, 6.45) is 0. The SMILES string of the molecule is C=O.C=O.Cc1ccc(CNC(=O)c2ccc(Cl)cc2)s1. The summed E-state index contributed by atoms with van der Waals surface area (Å²) in [5.41, 5.74) is 0.627. The Morgan fingerprint density at radius 3 is 2.14 bits per heavy atom. The summed E-state index contributed by atoms with van der Waals surface area (Å²) in [7, 11) is 0. The highest BCUT2D eigenvalue weighted by molar-refractivity contribution is 7.11. The largest absolute Gasteiger partial charge is 0.347 e. The van der Waals surface area contributed by atoms with Crippen LogP contribution < -0.4 is 5.32 Å².